The molecule has 0 spiro atoms. The summed E-state index contributed by atoms with van der Waals surface area (Å²) in [5.41, 5.74) is 1.15. The molecule has 1 aromatic carbocycles. The van der Waals surface area contributed by atoms with Crippen molar-refractivity contribution in [3.05, 3.63) is 52.7 Å². The third-order valence-corrected chi connectivity index (χ3v) is 4.53. The summed E-state index contributed by atoms with van der Waals surface area (Å²) in [7, 11) is 1.80. The van der Waals surface area contributed by atoms with Crippen LogP contribution in [0.4, 0.5) is 5.69 Å². The monoisotopic (exact) mass is 458 g/mol. The molecule has 1 heterocycles. The van der Waals surface area contributed by atoms with Crippen molar-refractivity contribution >= 4 is 47.0 Å². The predicted octanol–water partition coefficient (Wildman–Crippen LogP) is 4.17. The summed E-state index contributed by atoms with van der Waals surface area (Å²) in [5, 5.41) is 12.4. The van der Waals surface area contributed by atoms with Crippen LogP contribution in [0.2, 0.25) is 0 Å². The first-order valence-electron chi connectivity index (χ1n) is 7.97. The summed E-state index contributed by atoms with van der Waals surface area (Å²) in [6, 6.07) is 14.8. The Balaban J connectivity index is 0.00000288. The zero-order valence-electron chi connectivity index (χ0n) is 14.5. The standard InChI is InChI=1S/C18H26N4S.HI/c1-14(2)17(22-15-8-5-4-6-9-15)13-21-18(19-3)20-12-16-10-7-11-23-16;/h4-11,14,17,22H,12-13H2,1-3H3,(H2,19,20,21);1H. The van der Waals surface area contributed by atoms with Gasteiger partial charge in [-0.25, -0.2) is 0 Å². The Kier molecular flexibility index (Phi) is 9.78. The van der Waals surface area contributed by atoms with Crippen molar-refractivity contribution in [2.75, 3.05) is 18.9 Å². The number of nitrogens with one attached hydrogen (secondary N) is 3. The predicted molar refractivity (Wildman–Crippen MR) is 117 cm³/mol. The van der Waals surface area contributed by atoms with Crippen LogP contribution in [0.25, 0.3) is 0 Å². The van der Waals surface area contributed by atoms with E-state index in [1.165, 1.54) is 4.88 Å². The van der Waals surface area contributed by atoms with Crippen LogP contribution in [0, 0.1) is 5.92 Å². The minimum atomic E-state index is 0. The summed E-state index contributed by atoms with van der Waals surface area (Å²) in [4.78, 5) is 5.60. The molecule has 0 aliphatic rings. The van der Waals surface area contributed by atoms with E-state index in [1.54, 1.807) is 18.4 Å². The van der Waals surface area contributed by atoms with Gasteiger partial charge in [-0.05, 0) is 29.5 Å². The van der Waals surface area contributed by atoms with E-state index in [9.17, 15) is 0 Å². The molecule has 4 nitrogen and oxygen atoms in total. The van der Waals surface area contributed by atoms with Crippen LogP contribution in [0.5, 0.6) is 0 Å². The molecule has 3 N–H and O–H groups in total. The number of benzene rings is 1. The molecule has 0 aliphatic carbocycles. The Morgan fingerprint density at radius 3 is 2.42 bits per heavy atom. The second-order valence-electron chi connectivity index (χ2n) is 5.75. The number of hydrogen-bond donors (Lipinski definition) is 3. The fraction of sp³-hybridized carbons (Fsp3) is 0.389. The molecule has 0 bridgehead atoms. The van der Waals surface area contributed by atoms with E-state index in [0.29, 0.717) is 12.0 Å². The van der Waals surface area contributed by atoms with Gasteiger partial charge in [-0.3, -0.25) is 4.99 Å². The van der Waals surface area contributed by atoms with Gasteiger partial charge in [-0.1, -0.05) is 38.1 Å². The minimum Gasteiger partial charge on any atom is -0.380 e. The smallest absolute Gasteiger partial charge is 0.191 e. The zero-order chi connectivity index (χ0) is 16.5. The Labute approximate surface area is 166 Å². The largest absolute Gasteiger partial charge is 0.380 e. The summed E-state index contributed by atoms with van der Waals surface area (Å²) in [6.07, 6.45) is 0. The van der Waals surface area contributed by atoms with E-state index in [-0.39, 0.29) is 24.0 Å². The van der Waals surface area contributed by atoms with Crippen molar-refractivity contribution in [3.63, 3.8) is 0 Å². The van der Waals surface area contributed by atoms with E-state index >= 15 is 0 Å². The lowest BCUT2D eigenvalue weighted by Gasteiger charge is -2.25. The van der Waals surface area contributed by atoms with Gasteiger partial charge in [0.05, 0.1) is 6.54 Å². The number of halogens is 1. The van der Waals surface area contributed by atoms with Gasteiger partial charge in [-0.15, -0.1) is 35.3 Å². The van der Waals surface area contributed by atoms with Gasteiger partial charge in [0.25, 0.3) is 0 Å². The lowest BCUT2D eigenvalue weighted by molar-refractivity contribution is 0.512. The van der Waals surface area contributed by atoms with Crippen molar-refractivity contribution in [2.45, 2.75) is 26.4 Å². The number of guanidine groups is 1. The van der Waals surface area contributed by atoms with Crippen LogP contribution in [0.3, 0.4) is 0 Å². The summed E-state index contributed by atoms with van der Waals surface area (Å²) in [6.45, 7) is 6.07. The molecule has 0 radical (unpaired) electrons. The van der Waals surface area contributed by atoms with Gasteiger partial charge in [-0.2, -0.15) is 0 Å². The summed E-state index contributed by atoms with van der Waals surface area (Å²) < 4.78 is 0. The quantitative estimate of drug-likeness (QED) is 0.332. The molecule has 2 aromatic rings. The Morgan fingerprint density at radius 1 is 1.08 bits per heavy atom. The molecule has 1 aromatic heterocycles. The van der Waals surface area contributed by atoms with E-state index in [2.05, 4.69) is 76.6 Å². The molecule has 0 aliphatic heterocycles. The van der Waals surface area contributed by atoms with Crippen LogP contribution >= 0.6 is 35.3 Å². The molecule has 1 atom stereocenters. The van der Waals surface area contributed by atoms with Crippen LogP contribution in [-0.2, 0) is 6.54 Å². The van der Waals surface area contributed by atoms with Crippen LogP contribution in [-0.4, -0.2) is 25.6 Å². The van der Waals surface area contributed by atoms with Gasteiger partial charge in [0.1, 0.15) is 0 Å². The van der Waals surface area contributed by atoms with Gasteiger partial charge in [0, 0.05) is 30.2 Å². The first kappa shape index (κ1) is 20.8. The van der Waals surface area contributed by atoms with Gasteiger partial charge in [0.2, 0.25) is 0 Å². The van der Waals surface area contributed by atoms with Gasteiger partial charge in [0.15, 0.2) is 5.96 Å². The summed E-state index contributed by atoms with van der Waals surface area (Å²) in [5.74, 6) is 1.34. The molecule has 0 amide bonds. The Bertz CT molecular complexity index is 584. The molecule has 0 saturated heterocycles. The molecular weight excluding hydrogens is 431 g/mol. The number of nitrogens with zero attached hydrogens (tertiary/aromatic N) is 1. The lowest BCUT2D eigenvalue weighted by Crippen LogP contribution is -2.44. The molecule has 1 unspecified atom stereocenters. The zero-order valence-corrected chi connectivity index (χ0v) is 17.6. The fourth-order valence-electron chi connectivity index (χ4n) is 2.21. The maximum Gasteiger partial charge on any atom is 0.191 e. The molecule has 24 heavy (non-hydrogen) atoms. The lowest BCUT2D eigenvalue weighted by atomic mass is 10.0. The Hall–Kier alpha value is -1.28. The van der Waals surface area contributed by atoms with Crippen molar-refractivity contribution in [1.82, 2.24) is 10.6 Å². The number of aliphatic imine (C=N–C) groups is 1. The second-order valence-corrected chi connectivity index (χ2v) is 6.78. The van der Waals surface area contributed by atoms with Gasteiger partial charge >= 0.3 is 0 Å². The minimum absolute atomic E-state index is 0. The van der Waals surface area contributed by atoms with Crippen molar-refractivity contribution < 1.29 is 0 Å². The van der Waals surface area contributed by atoms with Crippen molar-refractivity contribution in [1.29, 1.82) is 0 Å². The highest BCUT2D eigenvalue weighted by molar-refractivity contribution is 14.0. The number of para-hydroxylation sites is 1. The number of hydrogen-bond acceptors (Lipinski definition) is 3. The summed E-state index contributed by atoms with van der Waals surface area (Å²) >= 11 is 1.75. The first-order chi connectivity index (χ1) is 11.2. The molecule has 132 valence electrons. The molecular formula is C18H27IN4S. The highest BCUT2D eigenvalue weighted by atomic mass is 127. The van der Waals surface area contributed by atoms with Crippen LogP contribution in [0.1, 0.15) is 18.7 Å². The maximum atomic E-state index is 4.30. The van der Waals surface area contributed by atoms with Crippen LogP contribution in [0.15, 0.2) is 52.8 Å². The van der Waals surface area contributed by atoms with E-state index in [0.717, 1.165) is 24.7 Å². The average Bonchev–Trinajstić information content (AvgIpc) is 3.08. The average molecular weight is 458 g/mol. The number of thiophene rings is 1. The number of rotatable bonds is 7. The van der Waals surface area contributed by atoms with E-state index in [1.807, 2.05) is 6.07 Å². The van der Waals surface area contributed by atoms with Crippen molar-refractivity contribution in [3.8, 4) is 0 Å². The third-order valence-electron chi connectivity index (χ3n) is 3.65. The Morgan fingerprint density at radius 2 is 1.83 bits per heavy atom. The van der Waals surface area contributed by atoms with Crippen molar-refractivity contribution in [2.24, 2.45) is 10.9 Å². The number of anilines is 1. The molecule has 2 rings (SSSR count). The van der Waals surface area contributed by atoms with Gasteiger partial charge < -0.3 is 16.0 Å². The molecule has 0 saturated carbocycles. The van der Waals surface area contributed by atoms with E-state index < -0.39 is 0 Å². The topological polar surface area (TPSA) is 48.5 Å². The second kappa shape index (κ2) is 11.3. The normalized spacial score (nSPS) is 12.4. The highest BCUT2D eigenvalue weighted by Crippen LogP contribution is 2.12. The van der Waals surface area contributed by atoms with E-state index in [4.69, 9.17) is 0 Å². The van der Waals surface area contributed by atoms with Crippen LogP contribution < -0.4 is 16.0 Å². The molecule has 0 fully saturated rings. The SMILES string of the molecule is CN=C(NCc1cccs1)NCC(Nc1ccccc1)C(C)C.I. The third kappa shape index (κ3) is 7.09. The maximum absolute atomic E-state index is 4.30. The molecule has 6 heteroatoms. The highest BCUT2D eigenvalue weighted by Gasteiger charge is 2.13. The first-order valence-corrected chi connectivity index (χ1v) is 8.85. The fourth-order valence-corrected chi connectivity index (χ4v) is 2.86.